The maximum atomic E-state index is 12.9. The van der Waals surface area contributed by atoms with Crippen LogP contribution in [0.1, 0.15) is 42.2 Å². The van der Waals surface area contributed by atoms with Crippen LogP contribution in [-0.4, -0.2) is 71.1 Å². The highest BCUT2D eigenvalue weighted by Crippen LogP contribution is 2.24. The molecule has 0 radical (unpaired) electrons. The van der Waals surface area contributed by atoms with Gasteiger partial charge in [-0.05, 0) is 19.4 Å². The first kappa shape index (κ1) is 15.4. The minimum atomic E-state index is 0.0433. The van der Waals surface area contributed by atoms with Gasteiger partial charge in [-0.2, -0.15) is 0 Å². The molecule has 22 heavy (non-hydrogen) atoms. The van der Waals surface area contributed by atoms with Crippen LogP contribution >= 0.6 is 0 Å². The SMILES string of the molecule is CC(C)c1ncncc1C(=O)N1CCC2OCCN(C)C2C1. The molecular formula is C16H24N4O2. The highest BCUT2D eigenvalue weighted by Gasteiger charge is 2.37. The number of carbonyl (C=O) groups is 1. The Morgan fingerprint density at radius 2 is 2.23 bits per heavy atom. The van der Waals surface area contributed by atoms with Crippen LogP contribution in [0.5, 0.6) is 0 Å². The molecule has 1 amide bonds. The Morgan fingerprint density at radius 1 is 1.41 bits per heavy atom. The normalized spacial score (nSPS) is 26.1. The Balaban J connectivity index is 1.78. The zero-order valence-corrected chi connectivity index (χ0v) is 13.5. The molecule has 0 bridgehead atoms. The molecule has 6 nitrogen and oxygen atoms in total. The predicted molar refractivity (Wildman–Crippen MR) is 82.8 cm³/mol. The lowest BCUT2D eigenvalue weighted by molar-refractivity contribution is -0.0893. The van der Waals surface area contributed by atoms with Gasteiger partial charge < -0.3 is 9.64 Å². The van der Waals surface area contributed by atoms with Crippen molar-refractivity contribution < 1.29 is 9.53 Å². The monoisotopic (exact) mass is 304 g/mol. The van der Waals surface area contributed by atoms with Crippen LogP contribution in [0, 0.1) is 0 Å². The molecule has 0 aromatic carbocycles. The number of fused-ring (bicyclic) bond motifs is 1. The Hall–Kier alpha value is -1.53. The number of morpholine rings is 1. The summed E-state index contributed by atoms with van der Waals surface area (Å²) in [7, 11) is 2.11. The molecule has 2 aliphatic heterocycles. The second-order valence-corrected chi connectivity index (χ2v) is 6.47. The lowest BCUT2D eigenvalue weighted by Gasteiger charge is -2.45. The lowest BCUT2D eigenvalue weighted by atomic mass is 9.97. The van der Waals surface area contributed by atoms with Gasteiger partial charge in [0.1, 0.15) is 6.33 Å². The molecular weight excluding hydrogens is 280 g/mol. The van der Waals surface area contributed by atoms with Crippen LogP contribution in [0.4, 0.5) is 0 Å². The Morgan fingerprint density at radius 3 is 3.00 bits per heavy atom. The first-order valence-corrected chi connectivity index (χ1v) is 7.99. The van der Waals surface area contributed by atoms with E-state index in [4.69, 9.17) is 4.74 Å². The number of hydrogen-bond acceptors (Lipinski definition) is 5. The van der Waals surface area contributed by atoms with E-state index in [9.17, 15) is 4.79 Å². The molecule has 0 aliphatic carbocycles. The summed E-state index contributed by atoms with van der Waals surface area (Å²) in [6.07, 6.45) is 4.31. The van der Waals surface area contributed by atoms with Crippen LogP contribution in [0.15, 0.2) is 12.5 Å². The summed E-state index contributed by atoms with van der Waals surface area (Å²) in [5, 5.41) is 0. The first-order chi connectivity index (χ1) is 10.6. The molecule has 3 heterocycles. The minimum Gasteiger partial charge on any atom is -0.375 e. The maximum Gasteiger partial charge on any atom is 0.257 e. The Bertz CT molecular complexity index is 549. The van der Waals surface area contributed by atoms with Gasteiger partial charge in [0.15, 0.2) is 0 Å². The van der Waals surface area contributed by atoms with E-state index in [2.05, 4.69) is 21.9 Å². The number of likely N-dealkylation sites (tertiary alicyclic amines) is 1. The molecule has 2 atom stereocenters. The average molecular weight is 304 g/mol. The van der Waals surface area contributed by atoms with Gasteiger partial charge in [0.05, 0.1) is 30.0 Å². The number of nitrogens with zero attached hydrogens (tertiary/aromatic N) is 4. The Kier molecular flexibility index (Phi) is 4.40. The molecule has 3 rings (SSSR count). The number of rotatable bonds is 2. The number of likely N-dealkylation sites (N-methyl/N-ethyl adjacent to an activating group) is 1. The van der Waals surface area contributed by atoms with Crippen molar-refractivity contribution in [2.45, 2.75) is 38.3 Å². The maximum absolute atomic E-state index is 12.9. The van der Waals surface area contributed by atoms with Gasteiger partial charge in [0, 0.05) is 25.8 Å². The number of aromatic nitrogens is 2. The summed E-state index contributed by atoms with van der Waals surface area (Å²) in [5.41, 5.74) is 1.46. The highest BCUT2D eigenvalue weighted by molar-refractivity contribution is 5.95. The molecule has 2 aliphatic rings. The van der Waals surface area contributed by atoms with Crippen molar-refractivity contribution in [2.24, 2.45) is 0 Å². The predicted octanol–water partition coefficient (Wildman–Crippen LogP) is 1.15. The third kappa shape index (κ3) is 2.85. The standard InChI is InChI=1S/C16H24N4O2/c1-11(2)15-12(8-17-10-18-15)16(21)20-5-4-14-13(9-20)19(3)6-7-22-14/h8,10-11,13-14H,4-7,9H2,1-3H3. The van der Waals surface area contributed by atoms with Crippen LogP contribution in [-0.2, 0) is 4.74 Å². The fourth-order valence-corrected chi connectivity index (χ4v) is 3.36. The third-order valence-electron chi connectivity index (χ3n) is 4.67. The van der Waals surface area contributed by atoms with E-state index in [0.29, 0.717) is 18.2 Å². The smallest absolute Gasteiger partial charge is 0.257 e. The third-order valence-corrected chi connectivity index (χ3v) is 4.67. The molecule has 1 aromatic heterocycles. The van der Waals surface area contributed by atoms with Crippen molar-refractivity contribution >= 4 is 5.91 Å². The van der Waals surface area contributed by atoms with Crippen molar-refractivity contribution in [1.82, 2.24) is 19.8 Å². The number of hydrogen-bond donors (Lipinski definition) is 0. The molecule has 6 heteroatoms. The molecule has 2 fully saturated rings. The van der Waals surface area contributed by atoms with E-state index in [1.54, 1.807) is 6.20 Å². The Labute approximate surface area is 131 Å². The molecule has 2 unspecified atom stereocenters. The van der Waals surface area contributed by atoms with E-state index in [-0.39, 0.29) is 17.9 Å². The van der Waals surface area contributed by atoms with Gasteiger partial charge in [-0.15, -0.1) is 0 Å². The number of carbonyl (C=O) groups excluding carboxylic acids is 1. The van der Waals surface area contributed by atoms with E-state index in [1.165, 1.54) is 6.33 Å². The minimum absolute atomic E-state index is 0.0433. The molecule has 0 N–H and O–H groups in total. The van der Waals surface area contributed by atoms with Crippen molar-refractivity contribution in [3.05, 3.63) is 23.8 Å². The molecule has 0 spiro atoms. The summed E-state index contributed by atoms with van der Waals surface area (Å²) in [5.74, 6) is 0.252. The van der Waals surface area contributed by atoms with Gasteiger partial charge in [0.25, 0.3) is 5.91 Å². The number of piperidine rings is 1. The molecule has 2 saturated heterocycles. The van der Waals surface area contributed by atoms with Gasteiger partial charge in [-0.1, -0.05) is 13.8 Å². The lowest BCUT2D eigenvalue weighted by Crippen LogP contribution is -2.59. The summed E-state index contributed by atoms with van der Waals surface area (Å²) in [6.45, 7) is 7.26. The van der Waals surface area contributed by atoms with Gasteiger partial charge in [-0.25, -0.2) is 9.97 Å². The second kappa shape index (κ2) is 6.30. The average Bonchev–Trinajstić information content (AvgIpc) is 2.54. The molecule has 0 saturated carbocycles. The van der Waals surface area contributed by atoms with Gasteiger partial charge in [0.2, 0.25) is 0 Å². The molecule has 120 valence electrons. The number of amides is 1. The summed E-state index contributed by atoms with van der Waals surface area (Å²) >= 11 is 0. The fraction of sp³-hybridized carbons (Fsp3) is 0.688. The van der Waals surface area contributed by atoms with Crippen LogP contribution < -0.4 is 0 Å². The topological polar surface area (TPSA) is 58.6 Å². The van der Waals surface area contributed by atoms with E-state index < -0.39 is 0 Å². The van der Waals surface area contributed by atoms with Crippen LogP contribution in [0.3, 0.4) is 0 Å². The fourth-order valence-electron chi connectivity index (χ4n) is 3.36. The van der Waals surface area contributed by atoms with Crippen molar-refractivity contribution in [1.29, 1.82) is 0 Å². The second-order valence-electron chi connectivity index (χ2n) is 6.47. The number of ether oxygens (including phenoxy) is 1. The quantitative estimate of drug-likeness (QED) is 0.820. The summed E-state index contributed by atoms with van der Waals surface area (Å²) in [4.78, 5) is 25.5. The summed E-state index contributed by atoms with van der Waals surface area (Å²) < 4.78 is 5.84. The largest absolute Gasteiger partial charge is 0.375 e. The van der Waals surface area contributed by atoms with E-state index in [0.717, 1.165) is 31.8 Å². The molecule has 1 aromatic rings. The van der Waals surface area contributed by atoms with Crippen molar-refractivity contribution in [3.63, 3.8) is 0 Å². The van der Waals surface area contributed by atoms with E-state index in [1.807, 2.05) is 18.7 Å². The van der Waals surface area contributed by atoms with Gasteiger partial charge >= 0.3 is 0 Å². The van der Waals surface area contributed by atoms with E-state index >= 15 is 0 Å². The van der Waals surface area contributed by atoms with Crippen LogP contribution in [0.2, 0.25) is 0 Å². The first-order valence-electron chi connectivity index (χ1n) is 7.99. The van der Waals surface area contributed by atoms with Gasteiger partial charge in [-0.3, -0.25) is 9.69 Å². The van der Waals surface area contributed by atoms with Crippen molar-refractivity contribution in [2.75, 3.05) is 33.3 Å². The van der Waals surface area contributed by atoms with Crippen molar-refractivity contribution in [3.8, 4) is 0 Å². The summed E-state index contributed by atoms with van der Waals surface area (Å²) in [6, 6.07) is 0.290. The zero-order chi connectivity index (χ0) is 15.7. The zero-order valence-electron chi connectivity index (χ0n) is 13.5. The highest BCUT2D eigenvalue weighted by atomic mass is 16.5. The van der Waals surface area contributed by atoms with Crippen LogP contribution in [0.25, 0.3) is 0 Å².